The molecule has 1 aromatic carbocycles. The smallest absolute Gasteiger partial charge is 0.191 e. The highest BCUT2D eigenvalue weighted by molar-refractivity contribution is 14.0. The van der Waals surface area contributed by atoms with Crippen LogP contribution in [0, 0.1) is 0 Å². The number of methoxy groups -OCH3 is 1. The second-order valence-corrected chi connectivity index (χ2v) is 4.73. The molecule has 1 aromatic rings. The second-order valence-electron chi connectivity index (χ2n) is 4.73. The van der Waals surface area contributed by atoms with Crippen LogP contribution >= 0.6 is 24.0 Å². The monoisotopic (exact) mass is 405 g/mol. The van der Waals surface area contributed by atoms with Gasteiger partial charge in [0, 0.05) is 20.2 Å². The molecule has 5 heteroatoms. The predicted molar refractivity (Wildman–Crippen MR) is 100 cm³/mol. The van der Waals surface area contributed by atoms with E-state index in [2.05, 4.69) is 53.7 Å². The quantitative estimate of drug-likeness (QED) is 0.302. The first-order valence-electron chi connectivity index (χ1n) is 7.39. The molecule has 0 heterocycles. The van der Waals surface area contributed by atoms with E-state index in [1.807, 2.05) is 0 Å². The summed E-state index contributed by atoms with van der Waals surface area (Å²) in [4.78, 5) is 4.61. The number of benzene rings is 1. The highest BCUT2D eigenvalue weighted by Crippen LogP contribution is 2.07. The third-order valence-electron chi connectivity index (χ3n) is 2.89. The molecule has 0 bridgehead atoms. The molecule has 0 radical (unpaired) electrons. The lowest BCUT2D eigenvalue weighted by Gasteiger charge is -2.11. The van der Waals surface area contributed by atoms with Crippen LogP contribution in [0.5, 0.6) is 0 Å². The Bertz CT molecular complexity index is 410. The molecule has 0 atom stereocenters. The first kappa shape index (κ1) is 20.2. The van der Waals surface area contributed by atoms with Gasteiger partial charge in [0.25, 0.3) is 0 Å². The minimum absolute atomic E-state index is 0. The van der Waals surface area contributed by atoms with E-state index < -0.39 is 0 Å². The second kappa shape index (κ2) is 12.9. The minimum Gasteiger partial charge on any atom is -0.380 e. The van der Waals surface area contributed by atoms with Crippen LogP contribution < -0.4 is 10.6 Å². The number of hydrogen-bond acceptors (Lipinski definition) is 2. The molecule has 0 amide bonds. The molecule has 0 aliphatic rings. The van der Waals surface area contributed by atoms with Crippen molar-refractivity contribution in [2.75, 3.05) is 20.2 Å². The standard InChI is InChI=1S/C16H27N3O.HI/c1-4-6-10-18-16(17-5-2)19-12-14-8-7-9-15(11-14)13-20-3;/h7-9,11H,4-6,10,12-13H2,1-3H3,(H2,17,18,19);1H. The molecule has 4 nitrogen and oxygen atoms in total. The van der Waals surface area contributed by atoms with Crippen LogP contribution in [0.2, 0.25) is 0 Å². The van der Waals surface area contributed by atoms with Gasteiger partial charge in [0.05, 0.1) is 13.2 Å². The molecule has 0 unspecified atom stereocenters. The van der Waals surface area contributed by atoms with Crippen LogP contribution in [0.15, 0.2) is 29.3 Å². The molecule has 0 aliphatic carbocycles. The first-order chi connectivity index (χ1) is 9.80. The molecular weight excluding hydrogens is 377 g/mol. The van der Waals surface area contributed by atoms with Crippen molar-refractivity contribution in [3.8, 4) is 0 Å². The Morgan fingerprint density at radius 1 is 1.19 bits per heavy atom. The van der Waals surface area contributed by atoms with Crippen molar-refractivity contribution in [2.45, 2.75) is 39.8 Å². The van der Waals surface area contributed by atoms with E-state index in [1.165, 1.54) is 17.5 Å². The summed E-state index contributed by atoms with van der Waals surface area (Å²) in [5.74, 6) is 0.887. The Kier molecular flexibility index (Phi) is 12.4. The van der Waals surface area contributed by atoms with Gasteiger partial charge in [-0.3, -0.25) is 0 Å². The van der Waals surface area contributed by atoms with Crippen LogP contribution in [-0.4, -0.2) is 26.2 Å². The summed E-state index contributed by atoms with van der Waals surface area (Å²) in [6, 6.07) is 8.36. The largest absolute Gasteiger partial charge is 0.380 e. The van der Waals surface area contributed by atoms with Crippen molar-refractivity contribution in [3.05, 3.63) is 35.4 Å². The van der Waals surface area contributed by atoms with Crippen molar-refractivity contribution < 1.29 is 4.74 Å². The topological polar surface area (TPSA) is 45.7 Å². The van der Waals surface area contributed by atoms with Gasteiger partial charge in [-0.1, -0.05) is 37.6 Å². The summed E-state index contributed by atoms with van der Waals surface area (Å²) in [5, 5.41) is 6.61. The fourth-order valence-corrected chi connectivity index (χ4v) is 1.88. The third kappa shape index (κ3) is 8.93. The van der Waals surface area contributed by atoms with Crippen LogP contribution in [0.25, 0.3) is 0 Å². The molecule has 0 aliphatic heterocycles. The summed E-state index contributed by atoms with van der Waals surface area (Å²) in [6.45, 7) is 7.43. The maximum atomic E-state index is 5.15. The van der Waals surface area contributed by atoms with E-state index >= 15 is 0 Å². The van der Waals surface area contributed by atoms with Gasteiger partial charge in [-0.25, -0.2) is 4.99 Å². The van der Waals surface area contributed by atoms with Crippen molar-refractivity contribution in [1.82, 2.24) is 10.6 Å². The maximum absolute atomic E-state index is 5.15. The molecule has 0 saturated heterocycles. The molecule has 21 heavy (non-hydrogen) atoms. The normalized spacial score (nSPS) is 10.9. The number of guanidine groups is 1. The van der Waals surface area contributed by atoms with Gasteiger partial charge >= 0.3 is 0 Å². The maximum Gasteiger partial charge on any atom is 0.191 e. The van der Waals surface area contributed by atoms with Gasteiger partial charge in [0.2, 0.25) is 0 Å². The average Bonchev–Trinajstić information content (AvgIpc) is 2.46. The van der Waals surface area contributed by atoms with Crippen LogP contribution in [0.3, 0.4) is 0 Å². The molecule has 1 rings (SSSR count). The Balaban J connectivity index is 0.00000400. The van der Waals surface area contributed by atoms with Crippen molar-refractivity contribution in [3.63, 3.8) is 0 Å². The zero-order chi connectivity index (χ0) is 14.6. The average molecular weight is 405 g/mol. The van der Waals surface area contributed by atoms with Crippen molar-refractivity contribution in [2.24, 2.45) is 4.99 Å². The van der Waals surface area contributed by atoms with E-state index in [0.29, 0.717) is 13.2 Å². The number of halogens is 1. The van der Waals surface area contributed by atoms with Gasteiger partial charge in [-0.05, 0) is 24.5 Å². The van der Waals surface area contributed by atoms with E-state index in [0.717, 1.165) is 25.5 Å². The zero-order valence-electron chi connectivity index (χ0n) is 13.3. The lowest BCUT2D eigenvalue weighted by Crippen LogP contribution is -2.37. The van der Waals surface area contributed by atoms with Crippen LogP contribution in [0.1, 0.15) is 37.8 Å². The first-order valence-corrected chi connectivity index (χ1v) is 7.39. The summed E-state index contributed by atoms with van der Waals surface area (Å²) in [6.07, 6.45) is 2.35. The van der Waals surface area contributed by atoms with Crippen LogP contribution in [-0.2, 0) is 17.9 Å². The lowest BCUT2D eigenvalue weighted by atomic mass is 10.1. The number of nitrogens with zero attached hydrogens (tertiary/aromatic N) is 1. The molecule has 0 spiro atoms. The highest BCUT2D eigenvalue weighted by Gasteiger charge is 1.98. The molecule has 0 saturated carbocycles. The van der Waals surface area contributed by atoms with Gasteiger partial charge in [-0.15, -0.1) is 24.0 Å². The molecule has 2 N–H and O–H groups in total. The summed E-state index contributed by atoms with van der Waals surface area (Å²) in [5.41, 5.74) is 2.39. The fourth-order valence-electron chi connectivity index (χ4n) is 1.88. The number of aliphatic imine (C=N–C) groups is 1. The van der Waals surface area contributed by atoms with E-state index in [-0.39, 0.29) is 24.0 Å². The van der Waals surface area contributed by atoms with Crippen molar-refractivity contribution >= 4 is 29.9 Å². The molecule has 120 valence electrons. The SMILES string of the molecule is CCCCNC(=NCc1cccc(COC)c1)NCC.I. The van der Waals surface area contributed by atoms with Gasteiger partial charge < -0.3 is 15.4 Å². The van der Waals surface area contributed by atoms with Crippen LogP contribution in [0.4, 0.5) is 0 Å². The van der Waals surface area contributed by atoms with Gasteiger partial charge in [0.15, 0.2) is 5.96 Å². The Morgan fingerprint density at radius 2 is 1.95 bits per heavy atom. The molecule has 0 aromatic heterocycles. The zero-order valence-corrected chi connectivity index (χ0v) is 15.6. The number of rotatable bonds is 8. The van der Waals surface area contributed by atoms with Gasteiger partial charge in [-0.2, -0.15) is 0 Å². The fraction of sp³-hybridized carbons (Fsp3) is 0.562. The minimum atomic E-state index is 0. The number of hydrogen-bond donors (Lipinski definition) is 2. The lowest BCUT2D eigenvalue weighted by molar-refractivity contribution is 0.185. The summed E-state index contributed by atoms with van der Waals surface area (Å²) in [7, 11) is 1.71. The number of nitrogens with one attached hydrogen (secondary N) is 2. The van der Waals surface area contributed by atoms with E-state index in [1.54, 1.807) is 7.11 Å². The van der Waals surface area contributed by atoms with E-state index in [9.17, 15) is 0 Å². The van der Waals surface area contributed by atoms with E-state index in [4.69, 9.17) is 4.74 Å². The summed E-state index contributed by atoms with van der Waals surface area (Å²) < 4.78 is 5.15. The third-order valence-corrected chi connectivity index (χ3v) is 2.89. The number of unbranched alkanes of at least 4 members (excludes halogenated alkanes) is 1. The summed E-state index contributed by atoms with van der Waals surface area (Å²) >= 11 is 0. The van der Waals surface area contributed by atoms with Crippen molar-refractivity contribution in [1.29, 1.82) is 0 Å². The Hall–Kier alpha value is -0.820. The predicted octanol–water partition coefficient (Wildman–Crippen LogP) is 3.31. The number of ether oxygens (including phenoxy) is 1. The molecule has 0 fully saturated rings. The Labute approximate surface area is 145 Å². The Morgan fingerprint density at radius 3 is 2.62 bits per heavy atom. The molecular formula is C16H28IN3O. The highest BCUT2D eigenvalue weighted by atomic mass is 127. The van der Waals surface area contributed by atoms with Gasteiger partial charge in [0.1, 0.15) is 0 Å².